The number of nitrogens with zero attached hydrogens (tertiary/aromatic N) is 3. The molecule has 1 aliphatic heterocycles. The summed E-state index contributed by atoms with van der Waals surface area (Å²) in [6.07, 6.45) is 3.19. The molecule has 0 spiro atoms. The number of hydrogen-bond donors (Lipinski definition) is 0. The minimum atomic E-state index is -4.37. The van der Waals surface area contributed by atoms with E-state index >= 15 is 0 Å². The van der Waals surface area contributed by atoms with Crippen molar-refractivity contribution in [3.05, 3.63) is 23.9 Å². The van der Waals surface area contributed by atoms with Gasteiger partial charge in [-0.1, -0.05) is 19.3 Å². The van der Waals surface area contributed by atoms with Crippen LogP contribution in [0, 0.1) is 5.92 Å². The van der Waals surface area contributed by atoms with E-state index in [9.17, 15) is 18.0 Å². The van der Waals surface area contributed by atoms with Gasteiger partial charge in [0.05, 0.1) is 5.56 Å². The highest BCUT2D eigenvalue weighted by Gasteiger charge is 2.31. The first-order chi connectivity index (χ1) is 11.9. The third-order valence-corrected chi connectivity index (χ3v) is 5.22. The van der Waals surface area contributed by atoms with Crippen LogP contribution in [0.5, 0.6) is 0 Å². The predicted octanol–water partition coefficient (Wildman–Crippen LogP) is 3.72. The fourth-order valence-electron chi connectivity index (χ4n) is 3.69. The van der Waals surface area contributed by atoms with E-state index in [1.54, 1.807) is 0 Å². The van der Waals surface area contributed by atoms with Crippen LogP contribution in [0.15, 0.2) is 18.3 Å². The zero-order chi connectivity index (χ0) is 17.9. The Labute approximate surface area is 146 Å². The number of alkyl halides is 3. The quantitative estimate of drug-likeness (QED) is 0.829. The summed E-state index contributed by atoms with van der Waals surface area (Å²) in [5.74, 6) is 1.27. The Kier molecular flexibility index (Phi) is 5.49. The summed E-state index contributed by atoms with van der Waals surface area (Å²) in [7, 11) is 0. The minimum Gasteiger partial charge on any atom is -0.353 e. The van der Waals surface area contributed by atoms with Crippen molar-refractivity contribution in [2.24, 2.45) is 5.92 Å². The lowest BCUT2D eigenvalue weighted by atomic mass is 9.86. The Morgan fingerprint density at radius 2 is 1.76 bits per heavy atom. The molecular weight excluding hydrogens is 331 g/mol. The second kappa shape index (κ2) is 7.62. The molecule has 0 atom stereocenters. The lowest BCUT2D eigenvalue weighted by Crippen LogP contribution is -2.49. The van der Waals surface area contributed by atoms with Gasteiger partial charge in [0.15, 0.2) is 0 Å². The third kappa shape index (κ3) is 4.64. The van der Waals surface area contributed by atoms with E-state index in [-0.39, 0.29) is 5.91 Å². The molecule has 1 saturated carbocycles. The SMILES string of the molecule is O=C(CC1CCCCC1)N1CCN(c2ccc(C(F)(F)F)cn2)CC1. The van der Waals surface area contributed by atoms with Gasteiger partial charge < -0.3 is 9.80 Å². The van der Waals surface area contributed by atoms with Crippen molar-refractivity contribution in [1.82, 2.24) is 9.88 Å². The van der Waals surface area contributed by atoms with Crippen molar-refractivity contribution in [2.75, 3.05) is 31.1 Å². The number of anilines is 1. The number of piperazine rings is 1. The Bertz CT molecular complexity index is 574. The van der Waals surface area contributed by atoms with E-state index in [1.165, 1.54) is 25.3 Å². The highest BCUT2D eigenvalue weighted by Crippen LogP contribution is 2.30. The molecule has 1 aromatic heterocycles. The molecule has 1 amide bonds. The fourth-order valence-corrected chi connectivity index (χ4v) is 3.69. The lowest BCUT2D eigenvalue weighted by molar-refractivity contribution is -0.138. The first-order valence-electron chi connectivity index (χ1n) is 8.99. The molecule has 2 heterocycles. The van der Waals surface area contributed by atoms with E-state index in [1.807, 2.05) is 9.80 Å². The number of aromatic nitrogens is 1. The van der Waals surface area contributed by atoms with Crippen LogP contribution >= 0.6 is 0 Å². The number of carbonyl (C=O) groups excluding carboxylic acids is 1. The fraction of sp³-hybridized carbons (Fsp3) is 0.667. The standard InChI is InChI=1S/C18H24F3N3O/c19-18(20,21)15-6-7-16(22-13-15)23-8-10-24(11-9-23)17(25)12-14-4-2-1-3-5-14/h6-7,13-14H,1-5,8-12H2. The van der Waals surface area contributed by atoms with Gasteiger partial charge >= 0.3 is 6.18 Å². The number of halogens is 3. The number of rotatable bonds is 3. The molecule has 0 unspecified atom stereocenters. The second-order valence-corrected chi connectivity index (χ2v) is 6.98. The first kappa shape index (κ1) is 18.0. The Balaban J connectivity index is 1.50. The molecule has 25 heavy (non-hydrogen) atoms. The van der Waals surface area contributed by atoms with Gasteiger partial charge in [0.2, 0.25) is 5.91 Å². The molecule has 0 N–H and O–H groups in total. The number of hydrogen-bond acceptors (Lipinski definition) is 3. The van der Waals surface area contributed by atoms with Crippen LogP contribution in [-0.2, 0) is 11.0 Å². The molecule has 1 saturated heterocycles. The summed E-state index contributed by atoms with van der Waals surface area (Å²) in [6.45, 7) is 2.42. The van der Waals surface area contributed by atoms with Crippen LogP contribution in [0.1, 0.15) is 44.1 Å². The van der Waals surface area contributed by atoms with Gasteiger partial charge in [0, 0.05) is 38.8 Å². The molecule has 0 bridgehead atoms. The summed E-state index contributed by atoms with van der Waals surface area (Å²) in [5.41, 5.74) is -0.738. The maximum atomic E-state index is 12.6. The van der Waals surface area contributed by atoms with E-state index in [0.29, 0.717) is 44.3 Å². The van der Waals surface area contributed by atoms with Crippen molar-refractivity contribution in [3.8, 4) is 0 Å². The highest BCUT2D eigenvalue weighted by atomic mass is 19.4. The molecule has 4 nitrogen and oxygen atoms in total. The molecule has 1 aromatic rings. The van der Waals surface area contributed by atoms with E-state index < -0.39 is 11.7 Å². The molecule has 2 aliphatic rings. The molecular formula is C18H24F3N3O. The van der Waals surface area contributed by atoms with Crippen molar-refractivity contribution in [3.63, 3.8) is 0 Å². The molecule has 138 valence electrons. The smallest absolute Gasteiger partial charge is 0.353 e. The van der Waals surface area contributed by atoms with Gasteiger partial charge in [-0.05, 0) is 30.9 Å². The summed E-state index contributed by atoms with van der Waals surface area (Å²) in [5, 5.41) is 0. The summed E-state index contributed by atoms with van der Waals surface area (Å²) >= 11 is 0. The third-order valence-electron chi connectivity index (χ3n) is 5.22. The molecule has 3 rings (SSSR count). The number of carbonyl (C=O) groups is 1. The van der Waals surface area contributed by atoms with Crippen LogP contribution < -0.4 is 4.90 Å². The zero-order valence-corrected chi connectivity index (χ0v) is 14.3. The molecule has 7 heteroatoms. The number of pyridine rings is 1. The highest BCUT2D eigenvalue weighted by molar-refractivity contribution is 5.76. The van der Waals surface area contributed by atoms with Gasteiger partial charge in [-0.2, -0.15) is 13.2 Å². The van der Waals surface area contributed by atoms with Gasteiger partial charge in [-0.3, -0.25) is 4.79 Å². The van der Waals surface area contributed by atoms with Gasteiger partial charge in [-0.15, -0.1) is 0 Å². The number of amides is 1. The average molecular weight is 355 g/mol. The summed E-state index contributed by atoms with van der Waals surface area (Å²) in [6, 6.07) is 2.46. The van der Waals surface area contributed by atoms with Crippen LogP contribution in [-0.4, -0.2) is 42.0 Å². The van der Waals surface area contributed by atoms with E-state index in [4.69, 9.17) is 0 Å². The van der Waals surface area contributed by atoms with Crippen LogP contribution in [0.4, 0.5) is 19.0 Å². The van der Waals surface area contributed by atoms with Crippen molar-refractivity contribution in [2.45, 2.75) is 44.7 Å². The molecule has 1 aliphatic carbocycles. The molecule has 0 radical (unpaired) electrons. The van der Waals surface area contributed by atoms with Crippen LogP contribution in [0.25, 0.3) is 0 Å². The Morgan fingerprint density at radius 1 is 1.08 bits per heavy atom. The molecule has 2 fully saturated rings. The van der Waals surface area contributed by atoms with E-state index in [0.717, 1.165) is 25.1 Å². The Morgan fingerprint density at radius 3 is 2.32 bits per heavy atom. The maximum absolute atomic E-state index is 12.6. The first-order valence-corrected chi connectivity index (χ1v) is 8.99. The maximum Gasteiger partial charge on any atom is 0.417 e. The average Bonchev–Trinajstić information content (AvgIpc) is 2.62. The van der Waals surface area contributed by atoms with Crippen molar-refractivity contribution in [1.29, 1.82) is 0 Å². The zero-order valence-electron chi connectivity index (χ0n) is 14.3. The Hall–Kier alpha value is -1.79. The summed E-state index contributed by atoms with van der Waals surface area (Å²) < 4.78 is 37.8. The van der Waals surface area contributed by atoms with Crippen molar-refractivity contribution < 1.29 is 18.0 Å². The monoisotopic (exact) mass is 355 g/mol. The van der Waals surface area contributed by atoms with Gasteiger partial charge in [0.1, 0.15) is 5.82 Å². The van der Waals surface area contributed by atoms with Crippen LogP contribution in [0.3, 0.4) is 0 Å². The second-order valence-electron chi connectivity index (χ2n) is 6.98. The van der Waals surface area contributed by atoms with Gasteiger partial charge in [-0.25, -0.2) is 4.98 Å². The topological polar surface area (TPSA) is 36.4 Å². The van der Waals surface area contributed by atoms with Crippen molar-refractivity contribution >= 4 is 11.7 Å². The van der Waals surface area contributed by atoms with E-state index in [2.05, 4.69) is 4.98 Å². The normalized spacial score (nSPS) is 20.0. The minimum absolute atomic E-state index is 0.215. The van der Waals surface area contributed by atoms with Gasteiger partial charge in [0.25, 0.3) is 0 Å². The largest absolute Gasteiger partial charge is 0.417 e. The molecule has 0 aromatic carbocycles. The predicted molar refractivity (Wildman–Crippen MR) is 89.2 cm³/mol. The summed E-state index contributed by atoms with van der Waals surface area (Å²) in [4.78, 5) is 20.2. The van der Waals surface area contributed by atoms with Crippen LogP contribution in [0.2, 0.25) is 0 Å². The lowest BCUT2D eigenvalue weighted by Gasteiger charge is -2.36.